The number of nitrogens with zero attached hydrogens (tertiary/aromatic N) is 3. The molecule has 2 aromatic carbocycles. The zero-order chi connectivity index (χ0) is 19.3. The van der Waals surface area contributed by atoms with Crippen LogP contribution < -0.4 is 10.2 Å². The molecule has 1 amide bonds. The highest BCUT2D eigenvalue weighted by Crippen LogP contribution is 2.22. The number of piperazine rings is 1. The molecule has 0 unspecified atom stereocenters. The average molecular weight is 379 g/mol. The Morgan fingerprint density at radius 1 is 0.893 bits per heavy atom. The van der Waals surface area contributed by atoms with Crippen molar-refractivity contribution in [2.24, 2.45) is 0 Å². The summed E-state index contributed by atoms with van der Waals surface area (Å²) < 4.78 is 0. The standard InChI is InChI=1S/C23H30N4O/c1-25-14-16-27(17-15-25)21-10-8-19(9-11-21)23(28)24-22-7-3-2-6-20(22)18-26-12-4-5-13-26/h2-3,6-11H,4-5,12-18H2,1H3,(H,24,28). The molecule has 5 nitrogen and oxygen atoms in total. The van der Waals surface area contributed by atoms with Crippen LogP contribution in [0.3, 0.4) is 0 Å². The fourth-order valence-electron chi connectivity index (χ4n) is 4.04. The van der Waals surface area contributed by atoms with Gasteiger partial charge in [0.05, 0.1) is 0 Å². The highest BCUT2D eigenvalue weighted by atomic mass is 16.1. The van der Waals surface area contributed by atoms with E-state index in [1.807, 2.05) is 30.3 Å². The first kappa shape index (κ1) is 19.0. The summed E-state index contributed by atoms with van der Waals surface area (Å²) >= 11 is 0. The van der Waals surface area contributed by atoms with Gasteiger partial charge in [-0.1, -0.05) is 18.2 Å². The van der Waals surface area contributed by atoms with Crippen LogP contribution in [0.15, 0.2) is 48.5 Å². The first-order chi connectivity index (χ1) is 13.7. The van der Waals surface area contributed by atoms with E-state index in [0.717, 1.165) is 51.5 Å². The van der Waals surface area contributed by atoms with Crippen molar-refractivity contribution in [1.82, 2.24) is 9.80 Å². The van der Waals surface area contributed by atoms with Gasteiger partial charge < -0.3 is 15.1 Å². The first-order valence-electron chi connectivity index (χ1n) is 10.3. The Kier molecular flexibility index (Phi) is 5.93. The SMILES string of the molecule is CN1CCN(c2ccc(C(=O)Nc3ccccc3CN3CCCC3)cc2)CC1. The second kappa shape index (κ2) is 8.76. The number of amides is 1. The van der Waals surface area contributed by atoms with E-state index in [1.165, 1.54) is 24.1 Å². The van der Waals surface area contributed by atoms with Gasteiger partial charge in [0, 0.05) is 49.7 Å². The number of carbonyl (C=O) groups is 1. The molecule has 148 valence electrons. The van der Waals surface area contributed by atoms with Crippen molar-refractivity contribution in [3.05, 3.63) is 59.7 Å². The predicted molar refractivity (Wildman–Crippen MR) is 115 cm³/mol. The number of rotatable bonds is 5. The molecular weight excluding hydrogens is 348 g/mol. The van der Waals surface area contributed by atoms with Crippen molar-refractivity contribution in [2.45, 2.75) is 19.4 Å². The van der Waals surface area contributed by atoms with Crippen LogP contribution in [0.25, 0.3) is 0 Å². The molecule has 2 aliphatic rings. The maximum atomic E-state index is 12.8. The lowest BCUT2D eigenvalue weighted by Gasteiger charge is -2.34. The zero-order valence-electron chi connectivity index (χ0n) is 16.7. The fourth-order valence-corrected chi connectivity index (χ4v) is 4.04. The largest absolute Gasteiger partial charge is 0.369 e. The molecule has 0 aliphatic carbocycles. The van der Waals surface area contributed by atoms with E-state index in [4.69, 9.17) is 0 Å². The molecule has 28 heavy (non-hydrogen) atoms. The van der Waals surface area contributed by atoms with Gasteiger partial charge in [-0.2, -0.15) is 0 Å². The molecule has 4 rings (SSSR count). The summed E-state index contributed by atoms with van der Waals surface area (Å²) in [5.74, 6) is -0.0428. The number of carbonyl (C=O) groups excluding carboxylic acids is 1. The monoisotopic (exact) mass is 378 g/mol. The van der Waals surface area contributed by atoms with E-state index in [9.17, 15) is 4.79 Å². The van der Waals surface area contributed by atoms with Gasteiger partial charge in [0.25, 0.3) is 5.91 Å². The van der Waals surface area contributed by atoms with E-state index in [-0.39, 0.29) is 5.91 Å². The summed E-state index contributed by atoms with van der Waals surface area (Å²) in [6.07, 6.45) is 2.54. The van der Waals surface area contributed by atoms with Crippen LogP contribution in [-0.4, -0.2) is 62.0 Å². The van der Waals surface area contributed by atoms with Gasteiger partial charge in [0.2, 0.25) is 0 Å². The Hall–Kier alpha value is -2.37. The minimum absolute atomic E-state index is 0.0428. The maximum Gasteiger partial charge on any atom is 0.255 e. The molecule has 0 aromatic heterocycles. The van der Waals surface area contributed by atoms with Crippen molar-refractivity contribution in [1.29, 1.82) is 0 Å². The summed E-state index contributed by atoms with van der Waals surface area (Å²) in [6, 6.07) is 16.2. The quantitative estimate of drug-likeness (QED) is 0.867. The van der Waals surface area contributed by atoms with Gasteiger partial charge in [-0.05, 0) is 68.9 Å². The number of anilines is 2. The van der Waals surface area contributed by atoms with Crippen molar-refractivity contribution < 1.29 is 4.79 Å². The van der Waals surface area contributed by atoms with Gasteiger partial charge >= 0.3 is 0 Å². The third-order valence-corrected chi connectivity index (χ3v) is 5.86. The lowest BCUT2D eigenvalue weighted by molar-refractivity contribution is 0.102. The number of hydrogen-bond donors (Lipinski definition) is 1. The van der Waals surface area contributed by atoms with Crippen LogP contribution in [0.2, 0.25) is 0 Å². The van der Waals surface area contributed by atoms with Gasteiger partial charge in [-0.3, -0.25) is 9.69 Å². The summed E-state index contributed by atoms with van der Waals surface area (Å²) in [5.41, 5.74) is 4.00. The van der Waals surface area contributed by atoms with Gasteiger partial charge in [0.15, 0.2) is 0 Å². The second-order valence-electron chi connectivity index (χ2n) is 7.93. The van der Waals surface area contributed by atoms with Crippen molar-refractivity contribution >= 4 is 17.3 Å². The Morgan fingerprint density at radius 3 is 2.29 bits per heavy atom. The number of likely N-dealkylation sites (tertiary alicyclic amines) is 1. The third-order valence-electron chi connectivity index (χ3n) is 5.86. The number of likely N-dealkylation sites (N-methyl/N-ethyl adjacent to an activating group) is 1. The molecule has 0 saturated carbocycles. The smallest absolute Gasteiger partial charge is 0.255 e. The van der Waals surface area contributed by atoms with E-state index >= 15 is 0 Å². The van der Waals surface area contributed by atoms with Crippen LogP contribution >= 0.6 is 0 Å². The van der Waals surface area contributed by atoms with Crippen LogP contribution in [-0.2, 0) is 6.54 Å². The maximum absolute atomic E-state index is 12.8. The average Bonchev–Trinajstić information content (AvgIpc) is 3.23. The van der Waals surface area contributed by atoms with Gasteiger partial charge in [-0.15, -0.1) is 0 Å². The third kappa shape index (κ3) is 4.54. The van der Waals surface area contributed by atoms with Crippen LogP contribution in [0, 0.1) is 0 Å². The van der Waals surface area contributed by atoms with Crippen molar-refractivity contribution in [3.63, 3.8) is 0 Å². The molecule has 2 aliphatic heterocycles. The molecule has 2 aromatic rings. The number of benzene rings is 2. The second-order valence-corrected chi connectivity index (χ2v) is 7.93. The molecule has 0 spiro atoms. The number of nitrogens with one attached hydrogen (secondary N) is 1. The highest BCUT2D eigenvalue weighted by molar-refractivity contribution is 6.04. The molecule has 2 fully saturated rings. The Morgan fingerprint density at radius 2 is 1.57 bits per heavy atom. The zero-order valence-corrected chi connectivity index (χ0v) is 16.7. The van der Waals surface area contributed by atoms with Crippen LogP contribution in [0.4, 0.5) is 11.4 Å². The van der Waals surface area contributed by atoms with E-state index < -0.39 is 0 Å². The van der Waals surface area contributed by atoms with Crippen molar-refractivity contribution in [3.8, 4) is 0 Å². The van der Waals surface area contributed by atoms with E-state index in [2.05, 4.69) is 45.3 Å². The lowest BCUT2D eigenvalue weighted by Crippen LogP contribution is -2.44. The van der Waals surface area contributed by atoms with Crippen molar-refractivity contribution in [2.75, 3.05) is 56.5 Å². The molecule has 0 bridgehead atoms. The lowest BCUT2D eigenvalue weighted by atomic mass is 10.1. The Labute approximate surface area is 167 Å². The number of hydrogen-bond acceptors (Lipinski definition) is 4. The minimum Gasteiger partial charge on any atom is -0.369 e. The summed E-state index contributed by atoms with van der Waals surface area (Å²) in [5, 5.41) is 3.12. The van der Waals surface area contributed by atoms with E-state index in [0.29, 0.717) is 5.56 Å². The summed E-state index contributed by atoms with van der Waals surface area (Å²) in [6.45, 7) is 7.43. The first-order valence-corrected chi connectivity index (χ1v) is 10.3. The summed E-state index contributed by atoms with van der Waals surface area (Å²) in [7, 11) is 2.16. The van der Waals surface area contributed by atoms with Gasteiger partial charge in [0.1, 0.15) is 0 Å². The summed E-state index contributed by atoms with van der Waals surface area (Å²) in [4.78, 5) is 20.0. The molecular formula is C23H30N4O. The molecule has 2 saturated heterocycles. The minimum atomic E-state index is -0.0428. The molecule has 0 radical (unpaired) electrons. The van der Waals surface area contributed by atoms with Crippen LogP contribution in [0.1, 0.15) is 28.8 Å². The van der Waals surface area contributed by atoms with Crippen LogP contribution in [0.5, 0.6) is 0 Å². The van der Waals surface area contributed by atoms with E-state index in [1.54, 1.807) is 0 Å². The highest BCUT2D eigenvalue weighted by Gasteiger charge is 2.16. The molecule has 2 heterocycles. The molecule has 0 atom stereocenters. The van der Waals surface area contributed by atoms with Gasteiger partial charge in [-0.25, -0.2) is 0 Å². The molecule has 1 N–H and O–H groups in total. The normalized spacial score (nSPS) is 18.4. The Balaban J connectivity index is 1.41. The number of para-hydroxylation sites is 1. The fraction of sp³-hybridized carbons (Fsp3) is 0.435. The predicted octanol–water partition coefficient (Wildman–Crippen LogP) is 3.29. The molecule has 5 heteroatoms. The topological polar surface area (TPSA) is 38.8 Å². The Bertz CT molecular complexity index is 791.